The maximum atomic E-state index is 12.9. The molecule has 0 saturated carbocycles. The van der Waals surface area contributed by atoms with E-state index in [4.69, 9.17) is 18.3 Å². The molecule has 0 fully saturated rings. The van der Waals surface area contributed by atoms with Gasteiger partial charge < -0.3 is 23.6 Å². The van der Waals surface area contributed by atoms with E-state index in [1.165, 1.54) is 49.4 Å². The third-order valence-corrected chi connectivity index (χ3v) is 4.57. The summed E-state index contributed by atoms with van der Waals surface area (Å²) in [6.07, 6.45) is 0. The average molecular weight is 451 g/mol. The lowest BCUT2D eigenvalue weighted by Crippen LogP contribution is -2.08. The van der Waals surface area contributed by atoms with E-state index in [9.17, 15) is 18.8 Å². The predicted molar refractivity (Wildman–Crippen MR) is 115 cm³/mol. The Bertz CT molecular complexity index is 1370. The molecule has 168 valence electrons. The number of halogens is 1. The zero-order valence-corrected chi connectivity index (χ0v) is 17.4. The van der Waals surface area contributed by atoms with Crippen LogP contribution in [0.4, 0.5) is 10.1 Å². The van der Waals surface area contributed by atoms with Crippen molar-refractivity contribution in [3.05, 3.63) is 94.0 Å². The van der Waals surface area contributed by atoms with Crippen LogP contribution in [0.3, 0.4) is 0 Å². The highest BCUT2D eigenvalue weighted by atomic mass is 19.1. The minimum Gasteiger partial charge on any atom is -0.486 e. The van der Waals surface area contributed by atoms with Gasteiger partial charge in [0.15, 0.2) is 0 Å². The number of rotatable bonds is 7. The number of furan rings is 1. The molecule has 8 nitrogen and oxygen atoms in total. The maximum Gasteiger partial charge on any atom is 0.374 e. The lowest BCUT2D eigenvalue weighted by molar-refractivity contribution is -0.114. The minimum absolute atomic E-state index is 0.0343. The second kappa shape index (κ2) is 9.39. The van der Waals surface area contributed by atoms with Gasteiger partial charge in [0.2, 0.25) is 11.7 Å². The summed E-state index contributed by atoms with van der Waals surface area (Å²) in [4.78, 5) is 35.5. The molecule has 2 heterocycles. The largest absolute Gasteiger partial charge is 0.486 e. The summed E-state index contributed by atoms with van der Waals surface area (Å²) < 4.78 is 34.4. The van der Waals surface area contributed by atoms with Crippen LogP contribution in [0.15, 0.2) is 74.3 Å². The molecule has 33 heavy (non-hydrogen) atoms. The van der Waals surface area contributed by atoms with Crippen LogP contribution in [-0.2, 0) is 22.7 Å². The van der Waals surface area contributed by atoms with Crippen LogP contribution in [-0.4, -0.2) is 11.9 Å². The van der Waals surface area contributed by atoms with Crippen LogP contribution in [0, 0.1) is 5.82 Å². The average Bonchev–Trinajstić information content (AvgIpc) is 3.25. The Morgan fingerprint density at radius 3 is 2.52 bits per heavy atom. The number of hydrogen-bond acceptors (Lipinski definition) is 7. The molecule has 0 bridgehead atoms. The predicted octanol–water partition coefficient (Wildman–Crippen LogP) is 4.42. The van der Waals surface area contributed by atoms with Crippen molar-refractivity contribution < 1.29 is 32.3 Å². The van der Waals surface area contributed by atoms with E-state index in [0.29, 0.717) is 28.1 Å². The lowest BCUT2D eigenvalue weighted by Gasteiger charge is -2.08. The van der Waals surface area contributed by atoms with Gasteiger partial charge in [-0.05, 0) is 48.5 Å². The normalized spacial score (nSPS) is 10.7. The molecule has 0 spiro atoms. The number of nitrogens with one attached hydrogen (secondary N) is 1. The quantitative estimate of drug-likeness (QED) is 0.327. The summed E-state index contributed by atoms with van der Waals surface area (Å²) in [5.41, 5.74) is 0.540. The Morgan fingerprint density at radius 2 is 1.76 bits per heavy atom. The highest BCUT2D eigenvalue weighted by Gasteiger charge is 2.15. The molecule has 0 saturated heterocycles. The number of benzene rings is 2. The van der Waals surface area contributed by atoms with Gasteiger partial charge in [-0.25, -0.2) is 14.0 Å². The molecule has 0 radical (unpaired) electrons. The summed E-state index contributed by atoms with van der Waals surface area (Å²) in [6.45, 7) is 1.22. The van der Waals surface area contributed by atoms with Gasteiger partial charge in [0.25, 0.3) is 0 Å². The molecule has 2 aromatic heterocycles. The molecule has 9 heteroatoms. The highest BCUT2D eigenvalue weighted by molar-refractivity contribution is 5.92. The van der Waals surface area contributed by atoms with Gasteiger partial charge >= 0.3 is 11.6 Å². The van der Waals surface area contributed by atoms with Crippen LogP contribution in [0.2, 0.25) is 0 Å². The fourth-order valence-electron chi connectivity index (χ4n) is 3.10. The number of fused-ring (bicyclic) bond motifs is 1. The summed E-state index contributed by atoms with van der Waals surface area (Å²) in [7, 11) is 0. The topological polar surface area (TPSA) is 108 Å². The van der Waals surface area contributed by atoms with Crippen molar-refractivity contribution in [1.29, 1.82) is 0 Å². The Labute approximate surface area is 186 Å². The van der Waals surface area contributed by atoms with Crippen molar-refractivity contribution in [3.63, 3.8) is 0 Å². The maximum absolute atomic E-state index is 12.9. The van der Waals surface area contributed by atoms with E-state index in [2.05, 4.69) is 5.32 Å². The summed E-state index contributed by atoms with van der Waals surface area (Å²) in [5.74, 6) is -0.562. The first-order valence-corrected chi connectivity index (χ1v) is 9.86. The molecular weight excluding hydrogens is 433 g/mol. The molecule has 4 aromatic rings. The third-order valence-electron chi connectivity index (χ3n) is 4.57. The van der Waals surface area contributed by atoms with E-state index in [-0.39, 0.29) is 36.3 Å². The van der Waals surface area contributed by atoms with E-state index in [1.807, 2.05) is 0 Å². The first-order valence-electron chi connectivity index (χ1n) is 9.86. The molecule has 0 unspecified atom stereocenters. The monoisotopic (exact) mass is 451 g/mol. The van der Waals surface area contributed by atoms with Crippen LogP contribution >= 0.6 is 0 Å². The first kappa shape index (κ1) is 21.8. The second-order valence-corrected chi connectivity index (χ2v) is 7.07. The molecule has 0 aliphatic rings. The van der Waals surface area contributed by atoms with Gasteiger partial charge in [-0.1, -0.05) is 0 Å². The van der Waals surface area contributed by atoms with Gasteiger partial charge in [0.05, 0.1) is 0 Å². The van der Waals surface area contributed by atoms with Crippen molar-refractivity contribution in [3.8, 4) is 5.75 Å². The van der Waals surface area contributed by atoms with E-state index >= 15 is 0 Å². The Kier molecular flexibility index (Phi) is 6.21. The van der Waals surface area contributed by atoms with Crippen LogP contribution in [0.5, 0.6) is 5.75 Å². The van der Waals surface area contributed by atoms with Crippen molar-refractivity contribution in [2.45, 2.75) is 20.1 Å². The lowest BCUT2D eigenvalue weighted by atomic mass is 10.1. The number of carbonyl (C=O) groups is 2. The van der Waals surface area contributed by atoms with E-state index < -0.39 is 11.6 Å². The second-order valence-electron chi connectivity index (χ2n) is 7.07. The van der Waals surface area contributed by atoms with Crippen molar-refractivity contribution in [2.75, 3.05) is 5.32 Å². The molecule has 1 amide bonds. The van der Waals surface area contributed by atoms with Crippen LogP contribution in [0.1, 0.15) is 28.8 Å². The molecule has 4 rings (SSSR count). The number of carbonyl (C=O) groups excluding carboxylic acids is 2. The number of amides is 1. The number of ether oxygens (including phenoxy) is 2. The SMILES string of the molecule is CC(=O)Nc1ccc2c(COC(=O)c3ccc(COc4ccc(F)cc4)o3)cc(=O)oc2c1. The van der Waals surface area contributed by atoms with Crippen molar-refractivity contribution >= 4 is 28.5 Å². The fourth-order valence-corrected chi connectivity index (χ4v) is 3.10. The molecule has 2 aromatic carbocycles. The van der Waals surface area contributed by atoms with Crippen molar-refractivity contribution in [1.82, 2.24) is 0 Å². The van der Waals surface area contributed by atoms with Crippen LogP contribution < -0.4 is 15.7 Å². The Morgan fingerprint density at radius 1 is 0.970 bits per heavy atom. The summed E-state index contributed by atoms with van der Waals surface area (Å²) >= 11 is 0. The molecule has 0 aliphatic carbocycles. The number of hydrogen-bond donors (Lipinski definition) is 1. The van der Waals surface area contributed by atoms with Gasteiger partial charge in [0, 0.05) is 35.7 Å². The van der Waals surface area contributed by atoms with Gasteiger partial charge in [0.1, 0.15) is 36.1 Å². The molecule has 0 aliphatic heterocycles. The highest BCUT2D eigenvalue weighted by Crippen LogP contribution is 2.23. The fraction of sp³-hybridized carbons (Fsp3) is 0.125. The number of anilines is 1. The zero-order chi connectivity index (χ0) is 23.4. The molecule has 0 atom stereocenters. The standard InChI is InChI=1S/C24H18FNO7/c1-14(27)26-17-4-8-20-15(10-23(28)33-22(20)11-17)12-31-24(29)21-9-7-19(32-21)13-30-18-5-2-16(25)3-6-18/h2-11H,12-13H2,1H3,(H,26,27). The summed E-state index contributed by atoms with van der Waals surface area (Å²) in [6, 6.07) is 14.6. The van der Waals surface area contributed by atoms with Gasteiger partial charge in [-0.3, -0.25) is 4.79 Å². The van der Waals surface area contributed by atoms with Gasteiger partial charge in [-0.15, -0.1) is 0 Å². The Hall–Kier alpha value is -4.40. The van der Waals surface area contributed by atoms with E-state index in [0.717, 1.165) is 0 Å². The van der Waals surface area contributed by atoms with Gasteiger partial charge in [-0.2, -0.15) is 0 Å². The Balaban J connectivity index is 1.41. The minimum atomic E-state index is -0.723. The first-order chi connectivity index (χ1) is 15.9. The zero-order valence-electron chi connectivity index (χ0n) is 17.4. The molecular formula is C24H18FNO7. The van der Waals surface area contributed by atoms with Crippen molar-refractivity contribution in [2.24, 2.45) is 0 Å². The van der Waals surface area contributed by atoms with E-state index in [1.54, 1.807) is 18.2 Å². The molecule has 1 N–H and O–H groups in total. The summed E-state index contributed by atoms with van der Waals surface area (Å²) in [5, 5.41) is 3.17. The number of esters is 1. The van der Waals surface area contributed by atoms with Crippen LogP contribution in [0.25, 0.3) is 11.0 Å². The smallest absolute Gasteiger partial charge is 0.374 e. The third kappa shape index (κ3) is 5.45.